The second-order valence-corrected chi connectivity index (χ2v) is 7.12. The van der Waals surface area contributed by atoms with Crippen molar-refractivity contribution in [3.8, 4) is 11.8 Å². The van der Waals surface area contributed by atoms with Crippen LogP contribution in [0.4, 0.5) is 0 Å². The minimum absolute atomic E-state index is 0.0889. The standard InChI is InChI=1S/C16H24N2O2S/c1-16(2,20)13-18-7-5-17(6-8-18)11-15-10-14(12-21-15)4-3-9-19/h10,12,19-20H,5-9,11,13H2,1-2H3. The zero-order valence-electron chi connectivity index (χ0n) is 12.8. The van der Waals surface area contributed by atoms with E-state index >= 15 is 0 Å². The van der Waals surface area contributed by atoms with Crippen LogP contribution in [0.2, 0.25) is 0 Å². The largest absolute Gasteiger partial charge is 0.389 e. The third-order valence-electron chi connectivity index (χ3n) is 3.42. The van der Waals surface area contributed by atoms with Gasteiger partial charge in [-0.1, -0.05) is 11.8 Å². The van der Waals surface area contributed by atoms with Crippen molar-refractivity contribution in [2.75, 3.05) is 39.3 Å². The quantitative estimate of drug-likeness (QED) is 0.814. The van der Waals surface area contributed by atoms with Crippen molar-refractivity contribution in [3.63, 3.8) is 0 Å². The van der Waals surface area contributed by atoms with E-state index in [-0.39, 0.29) is 6.61 Å². The highest BCUT2D eigenvalue weighted by Crippen LogP contribution is 2.17. The van der Waals surface area contributed by atoms with Crippen molar-refractivity contribution in [3.05, 3.63) is 21.9 Å². The molecule has 2 N–H and O–H groups in total. The summed E-state index contributed by atoms with van der Waals surface area (Å²) in [5.74, 6) is 5.62. The molecule has 0 unspecified atom stereocenters. The summed E-state index contributed by atoms with van der Waals surface area (Å²) in [7, 11) is 0. The average Bonchev–Trinajstić information content (AvgIpc) is 2.85. The van der Waals surface area contributed by atoms with Gasteiger partial charge in [-0.25, -0.2) is 0 Å². The smallest absolute Gasteiger partial charge is 0.104 e. The van der Waals surface area contributed by atoms with E-state index in [9.17, 15) is 5.11 Å². The fourth-order valence-electron chi connectivity index (χ4n) is 2.54. The predicted molar refractivity (Wildman–Crippen MR) is 86.3 cm³/mol. The summed E-state index contributed by atoms with van der Waals surface area (Å²) in [5.41, 5.74) is 0.376. The van der Waals surface area contributed by atoms with Crippen molar-refractivity contribution in [1.29, 1.82) is 0 Å². The number of β-amino-alcohol motifs (C(OH)–C–C–N with tert-alkyl or cyclic N) is 1. The Morgan fingerprint density at radius 2 is 1.90 bits per heavy atom. The molecule has 1 aromatic rings. The number of hydrogen-bond acceptors (Lipinski definition) is 5. The lowest BCUT2D eigenvalue weighted by Crippen LogP contribution is -2.50. The van der Waals surface area contributed by atoms with Gasteiger partial charge in [0.1, 0.15) is 6.61 Å². The van der Waals surface area contributed by atoms with Crippen molar-refractivity contribution < 1.29 is 10.2 Å². The van der Waals surface area contributed by atoms with Gasteiger partial charge in [-0.3, -0.25) is 9.80 Å². The van der Waals surface area contributed by atoms with Crippen LogP contribution >= 0.6 is 11.3 Å². The van der Waals surface area contributed by atoms with E-state index in [1.807, 2.05) is 19.2 Å². The van der Waals surface area contributed by atoms with Crippen molar-refractivity contribution in [1.82, 2.24) is 9.80 Å². The molecule has 0 saturated carbocycles. The van der Waals surface area contributed by atoms with Gasteiger partial charge in [0.15, 0.2) is 0 Å². The lowest BCUT2D eigenvalue weighted by molar-refractivity contribution is 0.0168. The molecule has 5 heteroatoms. The Labute approximate surface area is 131 Å². The molecule has 2 heterocycles. The Balaban J connectivity index is 1.79. The fraction of sp³-hybridized carbons (Fsp3) is 0.625. The minimum atomic E-state index is -0.615. The van der Waals surface area contributed by atoms with Crippen LogP contribution in [0, 0.1) is 11.8 Å². The minimum Gasteiger partial charge on any atom is -0.389 e. The highest BCUT2D eigenvalue weighted by atomic mass is 32.1. The monoisotopic (exact) mass is 308 g/mol. The summed E-state index contributed by atoms with van der Waals surface area (Å²) >= 11 is 1.73. The van der Waals surface area contributed by atoms with Crippen molar-refractivity contribution >= 4 is 11.3 Å². The zero-order chi connectivity index (χ0) is 15.3. The van der Waals surface area contributed by atoms with Crippen LogP contribution in [0.1, 0.15) is 24.3 Å². The Bertz CT molecular complexity index is 502. The first-order valence-electron chi connectivity index (χ1n) is 7.30. The lowest BCUT2D eigenvalue weighted by atomic mass is 10.1. The summed E-state index contributed by atoms with van der Waals surface area (Å²) in [4.78, 5) is 6.08. The number of nitrogens with zero attached hydrogens (tertiary/aromatic N) is 2. The first kappa shape index (κ1) is 16.5. The summed E-state index contributed by atoms with van der Waals surface area (Å²) in [6, 6.07) is 2.11. The van der Waals surface area contributed by atoms with Gasteiger partial charge in [-0.05, 0) is 19.9 Å². The number of aliphatic hydroxyl groups is 2. The van der Waals surface area contributed by atoms with Gasteiger partial charge in [0.25, 0.3) is 0 Å². The fourth-order valence-corrected chi connectivity index (χ4v) is 3.40. The number of thiophene rings is 1. The third kappa shape index (κ3) is 5.77. The number of aliphatic hydroxyl groups excluding tert-OH is 1. The third-order valence-corrected chi connectivity index (χ3v) is 4.34. The SMILES string of the molecule is CC(C)(O)CN1CCN(Cc2cc(C#CCO)cs2)CC1. The van der Waals surface area contributed by atoms with Gasteiger partial charge in [-0.2, -0.15) is 0 Å². The molecule has 1 saturated heterocycles. The molecule has 0 radical (unpaired) electrons. The summed E-state index contributed by atoms with van der Waals surface area (Å²) in [6.07, 6.45) is 0. The molecule has 0 amide bonds. The van der Waals surface area contributed by atoms with Gasteiger partial charge in [0, 0.05) is 55.1 Å². The maximum atomic E-state index is 9.86. The number of rotatable bonds is 4. The molecule has 0 bridgehead atoms. The molecule has 0 spiro atoms. The van der Waals surface area contributed by atoms with Crippen LogP contribution in [0.25, 0.3) is 0 Å². The summed E-state index contributed by atoms with van der Waals surface area (Å²) < 4.78 is 0. The van der Waals surface area contributed by atoms with Gasteiger partial charge >= 0.3 is 0 Å². The second-order valence-electron chi connectivity index (χ2n) is 6.13. The van der Waals surface area contributed by atoms with E-state index in [2.05, 4.69) is 27.7 Å². The van der Waals surface area contributed by atoms with Crippen molar-refractivity contribution in [2.45, 2.75) is 26.0 Å². The molecule has 1 aliphatic rings. The van der Waals surface area contributed by atoms with Crippen LogP contribution < -0.4 is 0 Å². The van der Waals surface area contributed by atoms with Crippen molar-refractivity contribution in [2.24, 2.45) is 0 Å². The van der Waals surface area contributed by atoms with Gasteiger partial charge in [-0.15, -0.1) is 11.3 Å². The molecule has 0 aliphatic carbocycles. The maximum absolute atomic E-state index is 9.86. The van der Waals surface area contributed by atoms with E-state index in [0.29, 0.717) is 0 Å². The van der Waals surface area contributed by atoms with E-state index in [0.717, 1.165) is 44.8 Å². The zero-order valence-corrected chi connectivity index (χ0v) is 13.6. The molecule has 0 atom stereocenters. The highest BCUT2D eigenvalue weighted by molar-refractivity contribution is 7.10. The number of piperazine rings is 1. The van der Waals surface area contributed by atoms with E-state index < -0.39 is 5.60 Å². The summed E-state index contributed by atoms with van der Waals surface area (Å²) in [5, 5.41) is 20.6. The van der Waals surface area contributed by atoms with Crippen LogP contribution in [0.3, 0.4) is 0 Å². The van der Waals surface area contributed by atoms with Gasteiger partial charge in [0.05, 0.1) is 5.60 Å². The molecule has 1 fully saturated rings. The van der Waals surface area contributed by atoms with Gasteiger partial charge in [0.2, 0.25) is 0 Å². The van der Waals surface area contributed by atoms with Gasteiger partial charge < -0.3 is 10.2 Å². The van der Waals surface area contributed by atoms with E-state index in [4.69, 9.17) is 5.11 Å². The first-order chi connectivity index (χ1) is 9.96. The molecule has 1 aromatic heterocycles. The topological polar surface area (TPSA) is 46.9 Å². The van der Waals surface area contributed by atoms with Crippen LogP contribution in [-0.2, 0) is 6.54 Å². The highest BCUT2D eigenvalue weighted by Gasteiger charge is 2.22. The molecule has 21 heavy (non-hydrogen) atoms. The Kier molecular flexibility index (Phi) is 5.80. The van der Waals surface area contributed by atoms with Crippen LogP contribution in [-0.4, -0.2) is 64.9 Å². The van der Waals surface area contributed by atoms with E-state index in [1.54, 1.807) is 11.3 Å². The Morgan fingerprint density at radius 1 is 1.24 bits per heavy atom. The lowest BCUT2D eigenvalue weighted by Gasteiger charge is -2.37. The van der Waals surface area contributed by atoms with E-state index in [1.165, 1.54) is 4.88 Å². The normalized spacial score (nSPS) is 17.5. The van der Waals surface area contributed by atoms with Crippen LogP contribution in [0.15, 0.2) is 11.4 Å². The molecular formula is C16H24N2O2S. The second kappa shape index (κ2) is 7.39. The Morgan fingerprint density at radius 3 is 2.52 bits per heavy atom. The molecule has 2 rings (SSSR count). The average molecular weight is 308 g/mol. The molecule has 1 aliphatic heterocycles. The van der Waals surface area contributed by atoms with Crippen LogP contribution in [0.5, 0.6) is 0 Å². The number of hydrogen-bond donors (Lipinski definition) is 2. The first-order valence-corrected chi connectivity index (χ1v) is 8.18. The maximum Gasteiger partial charge on any atom is 0.104 e. The predicted octanol–water partition coefficient (Wildman–Crippen LogP) is 0.980. The summed E-state index contributed by atoms with van der Waals surface area (Å²) in [6.45, 7) is 9.41. The molecule has 116 valence electrons. The Hall–Kier alpha value is -0.900. The molecule has 4 nitrogen and oxygen atoms in total. The molecule has 0 aromatic carbocycles. The molecular weight excluding hydrogens is 284 g/mol.